The number of amides is 1. The lowest BCUT2D eigenvalue weighted by Gasteiger charge is -2.16. The second-order valence-corrected chi connectivity index (χ2v) is 6.81. The van der Waals surface area contributed by atoms with Crippen molar-refractivity contribution in [2.75, 3.05) is 13.7 Å². The van der Waals surface area contributed by atoms with E-state index in [-0.39, 0.29) is 17.8 Å². The van der Waals surface area contributed by atoms with Gasteiger partial charge < -0.3 is 14.8 Å². The highest BCUT2D eigenvalue weighted by molar-refractivity contribution is 6.30. The molecule has 0 saturated heterocycles. The summed E-state index contributed by atoms with van der Waals surface area (Å²) in [4.78, 5) is 28.4. The first-order valence-electron chi connectivity index (χ1n) is 9.23. The highest BCUT2D eigenvalue weighted by atomic mass is 35.5. The second-order valence-electron chi connectivity index (χ2n) is 6.37. The Morgan fingerprint density at radius 2 is 1.93 bits per heavy atom. The van der Waals surface area contributed by atoms with E-state index in [0.717, 1.165) is 24.8 Å². The standard InChI is InChI=1S/C21H25ClN2O4/c1-4-5-6-11-28-20-18(12-17(22)13-23-20)19(25)24-14(2)15-7-9-16(10-8-15)21(26)27-3/h7-10,12-14H,4-6,11H2,1-3H3,(H,24,25)/t14-/m0/s1. The van der Waals surface area contributed by atoms with Crippen LogP contribution in [-0.2, 0) is 4.74 Å². The lowest BCUT2D eigenvalue weighted by atomic mass is 10.1. The van der Waals surface area contributed by atoms with Crippen molar-refractivity contribution < 1.29 is 19.1 Å². The van der Waals surface area contributed by atoms with Gasteiger partial charge in [-0.25, -0.2) is 9.78 Å². The zero-order chi connectivity index (χ0) is 20.5. The van der Waals surface area contributed by atoms with Crippen LogP contribution in [0.15, 0.2) is 36.5 Å². The van der Waals surface area contributed by atoms with E-state index < -0.39 is 5.97 Å². The highest BCUT2D eigenvalue weighted by Crippen LogP contribution is 2.22. The van der Waals surface area contributed by atoms with Crippen molar-refractivity contribution in [3.05, 3.63) is 58.2 Å². The minimum atomic E-state index is -0.405. The molecular weight excluding hydrogens is 380 g/mol. The number of nitrogens with one attached hydrogen (secondary N) is 1. The van der Waals surface area contributed by atoms with Gasteiger partial charge in [-0.15, -0.1) is 0 Å². The van der Waals surface area contributed by atoms with E-state index in [1.54, 1.807) is 30.3 Å². The van der Waals surface area contributed by atoms with Crippen molar-refractivity contribution in [1.82, 2.24) is 10.3 Å². The summed E-state index contributed by atoms with van der Waals surface area (Å²) in [6.07, 6.45) is 4.48. The first kappa shape index (κ1) is 21.7. The Labute approximate surface area is 170 Å². The molecule has 1 aromatic heterocycles. The van der Waals surface area contributed by atoms with Crippen LogP contribution in [0.25, 0.3) is 0 Å². The summed E-state index contributed by atoms with van der Waals surface area (Å²) in [6.45, 7) is 4.45. The maximum absolute atomic E-state index is 12.7. The molecule has 0 spiro atoms. The molecule has 0 fully saturated rings. The van der Waals surface area contributed by atoms with Gasteiger partial charge >= 0.3 is 5.97 Å². The highest BCUT2D eigenvalue weighted by Gasteiger charge is 2.18. The van der Waals surface area contributed by atoms with E-state index in [1.165, 1.54) is 13.3 Å². The van der Waals surface area contributed by atoms with Gasteiger partial charge in [-0.2, -0.15) is 0 Å². The fourth-order valence-electron chi connectivity index (χ4n) is 2.61. The van der Waals surface area contributed by atoms with Gasteiger partial charge in [0.05, 0.1) is 30.3 Å². The van der Waals surface area contributed by atoms with Crippen LogP contribution >= 0.6 is 11.6 Å². The van der Waals surface area contributed by atoms with E-state index in [2.05, 4.69) is 22.0 Å². The molecule has 0 saturated carbocycles. The summed E-state index contributed by atoms with van der Waals surface area (Å²) in [5.74, 6) is -0.464. The average Bonchev–Trinajstić information content (AvgIpc) is 2.71. The predicted octanol–water partition coefficient (Wildman–Crippen LogP) is 4.58. The average molecular weight is 405 g/mol. The number of unbranched alkanes of at least 4 members (excludes halogenated alkanes) is 2. The van der Waals surface area contributed by atoms with Crippen molar-refractivity contribution >= 4 is 23.5 Å². The number of esters is 1. The third-order valence-corrected chi connectivity index (χ3v) is 4.44. The molecule has 0 bridgehead atoms. The maximum Gasteiger partial charge on any atom is 0.337 e. The number of hydrogen-bond donors (Lipinski definition) is 1. The van der Waals surface area contributed by atoms with Crippen molar-refractivity contribution in [1.29, 1.82) is 0 Å². The Morgan fingerprint density at radius 1 is 1.21 bits per heavy atom. The third kappa shape index (κ3) is 5.96. The Morgan fingerprint density at radius 3 is 2.57 bits per heavy atom. The maximum atomic E-state index is 12.7. The summed E-state index contributed by atoms with van der Waals surface area (Å²) < 4.78 is 10.4. The van der Waals surface area contributed by atoms with Gasteiger partial charge in [-0.3, -0.25) is 4.79 Å². The molecule has 2 rings (SSSR count). The largest absolute Gasteiger partial charge is 0.477 e. The van der Waals surface area contributed by atoms with Crippen LogP contribution in [-0.4, -0.2) is 30.6 Å². The van der Waals surface area contributed by atoms with Gasteiger partial charge in [-0.05, 0) is 37.1 Å². The van der Waals surface area contributed by atoms with Gasteiger partial charge in [0.1, 0.15) is 5.56 Å². The number of methoxy groups -OCH3 is 1. The number of nitrogens with zero attached hydrogens (tertiary/aromatic N) is 1. The molecule has 0 radical (unpaired) electrons. The first-order valence-corrected chi connectivity index (χ1v) is 9.61. The smallest absolute Gasteiger partial charge is 0.337 e. The van der Waals surface area contributed by atoms with Crippen LogP contribution in [0.5, 0.6) is 5.88 Å². The zero-order valence-electron chi connectivity index (χ0n) is 16.3. The van der Waals surface area contributed by atoms with Gasteiger partial charge in [0.25, 0.3) is 5.91 Å². The quantitative estimate of drug-likeness (QED) is 0.488. The van der Waals surface area contributed by atoms with Crippen LogP contribution in [0.4, 0.5) is 0 Å². The Bertz CT molecular complexity index is 809. The fourth-order valence-corrected chi connectivity index (χ4v) is 2.77. The molecule has 7 heteroatoms. The van der Waals surface area contributed by atoms with Crippen LogP contribution < -0.4 is 10.1 Å². The van der Waals surface area contributed by atoms with Gasteiger partial charge in [-0.1, -0.05) is 43.5 Å². The fraction of sp³-hybridized carbons (Fsp3) is 0.381. The molecule has 150 valence electrons. The Balaban J connectivity index is 2.08. The van der Waals surface area contributed by atoms with E-state index in [9.17, 15) is 9.59 Å². The summed E-state index contributed by atoms with van der Waals surface area (Å²) in [7, 11) is 1.33. The molecule has 0 aliphatic rings. The molecule has 0 unspecified atom stereocenters. The molecule has 28 heavy (non-hydrogen) atoms. The van der Waals surface area contributed by atoms with E-state index in [0.29, 0.717) is 22.8 Å². The number of rotatable bonds is 9. The molecule has 1 N–H and O–H groups in total. The Hall–Kier alpha value is -2.60. The van der Waals surface area contributed by atoms with Crippen LogP contribution in [0.2, 0.25) is 5.02 Å². The lowest BCUT2D eigenvalue weighted by Crippen LogP contribution is -2.27. The number of carbonyl (C=O) groups excluding carboxylic acids is 2. The third-order valence-electron chi connectivity index (χ3n) is 4.23. The first-order chi connectivity index (χ1) is 13.5. The number of pyridine rings is 1. The van der Waals surface area contributed by atoms with Crippen molar-refractivity contribution in [2.24, 2.45) is 0 Å². The van der Waals surface area contributed by atoms with Crippen molar-refractivity contribution in [2.45, 2.75) is 39.2 Å². The summed E-state index contributed by atoms with van der Waals surface area (Å²) in [6, 6.07) is 8.13. The molecule has 1 amide bonds. The number of hydrogen-bond acceptors (Lipinski definition) is 5. The summed E-state index contributed by atoms with van der Waals surface area (Å²) in [5, 5.41) is 3.27. The monoisotopic (exact) mass is 404 g/mol. The number of halogens is 1. The van der Waals surface area contributed by atoms with Gasteiger partial charge in [0.15, 0.2) is 0 Å². The Kier molecular flexibility index (Phi) is 8.26. The van der Waals surface area contributed by atoms with Crippen LogP contribution in [0.3, 0.4) is 0 Å². The number of aromatic nitrogens is 1. The topological polar surface area (TPSA) is 77.5 Å². The lowest BCUT2D eigenvalue weighted by molar-refractivity contribution is 0.0600. The molecule has 0 aliphatic heterocycles. The SMILES string of the molecule is CCCCCOc1ncc(Cl)cc1C(=O)N[C@@H](C)c1ccc(C(=O)OC)cc1. The van der Waals surface area contributed by atoms with E-state index >= 15 is 0 Å². The molecule has 2 aromatic rings. The number of benzene rings is 1. The van der Waals surface area contributed by atoms with Crippen molar-refractivity contribution in [3.63, 3.8) is 0 Å². The van der Waals surface area contributed by atoms with Gasteiger partial charge in [0, 0.05) is 6.20 Å². The minimum Gasteiger partial charge on any atom is -0.477 e. The summed E-state index contributed by atoms with van der Waals surface area (Å²) >= 11 is 6.02. The summed E-state index contributed by atoms with van der Waals surface area (Å²) in [5.41, 5.74) is 1.59. The molecule has 1 heterocycles. The molecule has 1 atom stereocenters. The van der Waals surface area contributed by atoms with Crippen molar-refractivity contribution in [3.8, 4) is 5.88 Å². The van der Waals surface area contributed by atoms with E-state index in [1.807, 2.05) is 6.92 Å². The normalized spacial score (nSPS) is 11.6. The molecule has 1 aromatic carbocycles. The molecule has 6 nitrogen and oxygen atoms in total. The predicted molar refractivity (Wildman–Crippen MR) is 108 cm³/mol. The van der Waals surface area contributed by atoms with E-state index in [4.69, 9.17) is 16.3 Å². The second kappa shape index (κ2) is 10.7. The number of ether oxygens (including phenoxy) is 2. The minimum absolute atomic E-state index is 0.270. The number of carbonyl (C=O) groups is 2. The zero-order valence-corrected chi connectivity index (χ0v) is 17.1. The van der Waals surface area contributed by atoms with Crippen LogP contribution in [0.1, 0.15) is 65.4 Å². The van der Waals surface area contributed by atoms with Gasteiger partial charge in [0.2, 0.25) is 5.88 Å². The molecule has 0 aliphatic carbocycles. The molecular formula is C21H25ClN2O4. The van der Waals surface area contributed by atoms with Crippen LogP contribution in [0, 0.1) is 0 Å².